The minimum atomic E-state index is 0.774. The lowest BCUT2D eigenvalue weighted by atomic mass is 10.0. The first-order valence-electron chi connectivity index (χ1n) is 6.66. The summed E-state index contributed by atoms with van der Waals surface area (Å²) >= 11 is 0. The smallest absolute Gasteiger partial charge is 0.145 e. The highest BCUT2D eigenvalue weighted by Crippen LogP contribution is 2.29. The fourth-order valence-corrected chi connectivity index (χ4v) is 2.14. The zero-order valence-electron chi connectivity index (χ0n) is 12.5. The van der Waals surface area contributed by atoms with Crippen molar-refractivity contribution in [1.29, 1.82) is 0 Å². The summed E-state index contributed by atoms with van der Waals surface area (Å²) < 4.78 is 10.6. The van der Waals surface area contributed by atoms with Crippen LogP contribution in [0.2, 0.25) is 0 Å². The van der Waals surface area contributed by atoms with Gasteiger partial charge in [0, 0.05) is 12.6 Å². The number of ether oxygens (including phenoxy) is 2. The lowest BCUT2D eigenvalue weighted by Crippen LogP contribution is -2.03. The van der Waals surface area contributed by atoms with Crippen molar-refractivity contribution < 1.29 is 9.47 Å². The van der Waals surface area contributed by atoms with Crippen molar-refractivity contribution in [2.75, 3.05) is 19.5 Å². The molecule has 0 amide bonds. The van der Waals surface area contributed by atoms with Crippen molar-refractivity contribution in [2.45, 2.75) is 20.4 Å². The standard InChI is InChI=1S/C17H21NO2/c1-12-6-5-7-14(13(12)2)11-18-16-9-8-15(19-3)10-17(16)20-4/h5-10,18H,11H2,1-4H3. The summed E-state index contributed by atoms with van der Waals surface area (Å²) in [6.07, 6.45) is 0. The van der Waals surface area contributed by atoms with Crippen LogP contribution in [0.1, 0.15) is 16.7 Å². The minimum absolute atomic E-state index is 0.774. The Morgan fingerprint density at radius 3 is 2.50 bits per heavy atom. The number of nitrogens with one attached hydrogen (secondary N) is 1. The van der Waals surface area contributed by atoms with E-state index in [1.165, 1.54) is 16.7 Å². The number of hydrogen-bond donors (Lipinski definition) is 1. The van der Waals surface area contributed by atoms with Crippen LogP contribution < -0.4 is 14.8 Å². The normalized spacial score (nSPS) is 10.2. The molecule has 0 atom stereocenters. The van der Waals surface area contributed by atoms with Crippen molar-refractivity contribution in [3.63, 3.8) is 0 Å². The minimum Gasteiger partial charge on any atom is -0.497 e. The van der Waals surface area contributed by atoms with E-state index in [1.54, 1.807) is 14.2 Å². The Labute approximate surface area is 120 Å². The third-order valence-electron chi connectivity index (χ3n) is 3.59. The average Bonchev–Trinajstić information content (AvgIpc) is 2.48. The van der Waals surface area contributed by atoms with Gasteiger partial charge in [-0.05, 0) is 42.7 Å². The van der Waals surface area contributed by atoms with Crippen LogP contribution in [0.4, 0.5) is 5.69 Å². The van der Waals surface area contributed by atoms with Crippen LogP contribution in [0.15, 0.2) is 36.4 Å². The highest BCUT2D eigenvalue weighted by Gasteiger charge is 2.06. The van der Waals surface area contributed by atoms with Gasteiger partial charge in [0.1, 0.15) is 11.5 Å². The molecule has 0 aliphatic rings. The van der Waals surface area contributed by atoms with Crippen LogP contribution in [0.5, 0.6) is 11.5 Å². The van der Waals surface area contributed by atoms with Crippen LogP contribution in [-0.2, 0) is 6.54 Å². The molecule has 0 bridgehead atoms. The van der Waals surface area contributed by atoms with Crippen LogP contribution in [-0.4, -0.2) is 14.2 Å². The van der Waals surface area contributed by atoms with E-state index in [0.29, 0.717) is 0 Å². The summed E-state index contributed by atoms with van der Waals surface area (Å²) in [5.74, 6) is 1.58. The van der Waals surface area contributed by atoms with Crippen LogP contribution in [0, 0.1) is 13.8 Å². The number of rotatable bonds is 5. The van der Waals surface area contributed by atoms with E-state index in [1.807, 2.05) is 18.2 Å². The van der Waals surface area contributed by atoms with E-state index in [-0.39, 0.29) is 0 Å². The summed E-state index contributed by atoms with van der Waals surface area (Å²) in [4.78, 5) is 0. The molecule has 0 saturated carbocycles. The largest absolute Gasteiger partial charge is 0.497 e. The summed E-state index contributed by atoms with van der Waals surface area (Å²) in [6, 6.07) is 12.1. The zero-order valence-corrected chi connectivity index (χ0v) is 12.5. The first-order chi connectivity index (χ1) is 9.65. The maximum absolute atomic E-state index is 5.39. The molecule has 106 valence electrons. The molecular weight excluding hydrogens is 250 g/mol. The molecule has 20 heavy (non-hydrogen) atoms. The molecule has 0 aromatic heterocycles. The number of methoxy groups -OCH3 is 2. The van der Waals surface area contributed by atoms with E-state index in [4.69, 9.17) is 9.47 Å². The van der Waals surface area contributed by atoms with Gasteiger partial charge in [-0.2, -0.15) is 0 Å². The highest BCUT2D eigenvalue weighted by molar-refractivity contribution is 5.59. The van der Waals surface area contributed by atoms with Gasteiger partial charge in [-0.3, -0.25) is 0 Å². The molecule has 0 fully saturated rings. The molecule has 2 rings (SSSR count). The summed E-state index contributed by atoms with van der Waals surface area (Å²) in [5.41, 5.74) is 4.90. The fraction of sp³-hybridized carbons (Fsp3) is 0.294. The molecule has 0 spiro atoms. The lowest BCUT2D eigenvalue weighted by molar-refractivity contribution is 0.395. The molecule has 0 heterocycles. The van der Waals surface area contributed by atoms with Gasteiger partial charge >= 0.3 is 0 Å². The predicted molar refractivity (Wildman–Crippen MR) is 82.8 cm³/mol. The lowest BCUT2D eigenvalue weighted by Gasteiger charge is -2.14. The molecule has 0 saturated heterocycles. The quantitative estimate of drug-likeness (QED) is 0.893. The Balaban J connectivity index is 2.16. The molecule has 3 nitrogen and oxygen atoms in total. The predicted octanol–water partition coefficient (Wildman–Crippen LogP) is 3.93. The first-order valence-corrected chi connectivity index (χ1v) is 6.66. The summed E-state index contributed by atoms with van der Waals surface area (Å²) in [7, 11) is 3.32. The van der Waals surface area contributed by atoms with Crippen molar-refractivity contribution in [3.05, 3.63) is 53.1 Å². The Morgan fingerprint density at radius 2 is 1.80 bits per heavy atom. The molecule has 3 heteroatoms. The Bertz CT molecular complexity index is 594. The van der Waals surface area contributed by atoms with E-state index < -0.39 is 0 Å². The van der Waals surface area contributed by atoms with Gasteiger partial charge in [0.2, 0.25) is 0 Å². The third kappa shape index (κ3) is 3.05. The van der Waals surface area contributed by atoms with Crippen molar-refractivity contribution in [1.82, 2.24) is 0 Å². The second kappa shape index (κ2) is 6.33. The SMILES string of the molecule is COc1ccc(NCc2cccc(C)c2C)c(OC)c1. The van der Waals surface area contributed by atoms with Gasteiger partial charge in [-0.1, -0.05) is 18.2 Å². The van der Waals surface area contributed by atoms with E-state index in [0.717, 1.165) is 23.7 Å². The van der Waals surface area contributed by atoms with Crippen LogP contribution >= 0.6 is 0 Å². The number of hydrogen-bond acceptors (Lipinski definition) is 3. The molecule has 0 unspecified atom stereocenters. The maximum atomic E-state index is 5.39. The zero-order chi connectivity index (χ0) is 14.5. The van der Waals surface area contributed by atoms with Gasteiger partial charge in [-0.15, -0.1) is 0 Å². The van der Waals surface area contributed by atoms with Crippen molar-refractivity contribution in [3.8, 4) is 11.5 Å². The summed E-state index contributed by atoms with van der Waals surface area (Å²) in [6.45, 7) is 5.06. The van der Waals surface area contributed by atoms with Crippen molar-refractivity contribution in [2.24, 2.45) is 0 Å². The van der Waals surface area contributed by atoms with E-state index >= 15 is 0 Å². The highest BCUT2D eigenvalue weighted by atomic mass is 16.5. The molecular formula is C17H21NO2. The number of aryl methyl sites for hydroxylation is 1. The topological polar surface area (TPSA) is 30.5 Å². The summed E-state index contributed by atoms with van der Waals surface area (Å²) in [5, 5.41) is 3.42. The molecule has 0 aliphatic heterocycles. The van der Waals surface area contributed by atoms with Gasteiger partial charge in [0.25, 0.3) is 0 Å². The molecule has 2 aromatic rings. The maximum Gasteiger partial charge on any atom is 0.145 e. The van der Waals surface area contributed by atoms with Crippen molar-refractivity contribution >= 4 is 5.69 Å². The molecule has 0 radical (unpaired) electrons. The second-order valence-electron chi connectivity index (χ2n) is 4.78. The fourth-order valence-electron chi connectivity index (χ4n) is 2.14. The molecule has 2 aromatic carbocycles. The molecule has 1 N–H and O–H groups in total. The number of anilines is 1. The van der Waals surface area contributed by atoms with Crippen LogP contribution in [0.3, 0.4) is 0 Å². The number of benzene rings is 2. The first kappa shape index (κ1) is 14.3. The Hall–Kier alpha value is -2.16. The average molecular weight is 271 g/mol. The third-order valence-corrected chi connectivity index (χ3v) is 3.59. The van der Waals surface area contributed by atoms with Gasteiger partial charge in [0.05, 0.1) is 19.9 Å². The molecule has 0 aliphatic carbocycles. The van der Waals surface area contributed by atoms with Gasteiger partial charge in [0.15, 0.2) is 0 Å². The Morgan fingerprint density at radius 1 is 1.00 bits per heavy atom. The Kier molecular flexibility index (Phi) is 4.51. The van der Waals surface area contributed by atoms with E-state index in [2.05, 4.69) is 37.4 Å². The van der Waals surface area contributed by atoms with E-state index in [9.17, 15) is 0 Å². The monoisotopic (exact) mass is 271 g/mol. The van der Waals surface area contributed by atoms with Gasteiger partial charge in [-0.25, -0.2) is 0 Å². The second-order valence-corrected chi connectivity index (χ2v) is 4.78. The van der Waals surface area contributed by atoms with Gasteiger partial charge < -0.3 is 14.8 Å². The van der Waals surface area contributed by atoms with Crippen LogP contribution in [0.25, 0.3) is 0 Å².